The summed E-state index contributed by atoms with van der Waals surface area (Å²) in [6.07, 6.45) is 16.5. The quantitative estimate of drug-likeness (QED) is 0.652. The fourth-order valence-electron chi connectivity index (χ4n) is 3.54. The molecule has 19 heavy (non-hydrogen) atoms. The van der Waals surface area contributed by atoms with Crippen molar-refractivity contribution < 1.29 is 0 Å². The molecule has 1 aliphatic carbocycles. The molecule has 106 valence electrons. The Bertz CT molecular complexity index is 372. The van der Waals surface area contributed by atoms with Crippen molar-refractivity contribution in [3.05, 3.63) is 29.6 Å². The number of pyridine rings is 1. The molecule has 0 aromatic carbocycles. The molecular formula is C18H29N. The predicted molar refractivity (Wildman–Crippen MR) is 82.6 cm³/mol. The maximum Gasteiger partial charge on any atom is 0.0305 e. The van der Waals surface area contributed by atoms with Crippen LogP contribution in [0.5, 0.6) is 0 Å². The highest BCUT2D eigenvalue weighted by molar-refractivity contribution is 5.30. The molecule has 0 saturated heterocycles. The number of fused-ring (bicyclic) bond motifs is 1. The second-order valence-electron chi connectivity index (χ2n) is 6.24. The molecule has 0 bridgehead atoms. The van der Waals surface area contributed by atoms with Gasteiger partial charge in [-0.05, 0) is 48.3 Å². The Morgan fingerprint density at radius 2 is 1.79 bits per heavy atom. The van der Waals surface area contributed by atoms with E-state index in [1.165, 1.54) is 57.8 Å². The summed E-state index contributed by atoms with van der Waals surface area (Å²) in [4.78, 5) is 4.41. The maximum absolute atomic E-state index is 4.41. The average molecular weight is 259 g/mol. The van der Waals surface area contributed by atoms with Crippen LogP contribution in [0.4, 0.5) is 0 Å². The SMILES string of the molecule is CCCC1CCCCCCCC(C)c2ccncc21. The Labute approximate surface area is 118 Å². The van der Waals surface area contributed by atoms with E-state index in [1.54, 1.807) is 11.1 Å². The van der Waals surface area contributed by atoms with Gasteiger partial charge in [-0.1, -0.05) is 52.4 Å². The van der Waals surface area contributed by atoms with E-state index >= 15 is 0 Å². The van der Waals surface area contributed by atoms with Crippen LogP contribution in [0.25, 0.3) is 0 Å². The van der Waals surface area contributed by atoms with E-state index in [-0.39, 0.29) is 0 Å². The number of nitrogens with zero attached hydrogens (tertiary/aromatic N) is 1. The van der Waals surface area contributed by atoms with Crippen LogP contribution in [-0.2, 0) is 0 Å². The molecule has 2 unspecified atom stereocenters. The molecule has 0 N–H and O–H groups in total. The number of hydrogen-bond acceptors (Lipinski definition) is 1. The van der Waals surface area contributed by atoms with Crippen LogP contribution in [0.3, 0.4) is 0 Å². The first-order chi connectivity index (χ1) is 9.33. The summed E-state index contributed by atoms with van der Waals surface area (Å²) < 4.78 is 0. The zero-order valence-corrected chi connectivity index (χ0v) is 12.7. The first kappa shape index (κ1) is 14.6. The zero-order chi connectivity index (χ0) is 13.5. The molecule has 0 spiro atoms. The lowest BCUT2D eigenvalue weighted by Crippen LogP contribution is -2.06. The van der Waals surface area contributed by atoms with Gasteiger partial charge in [0.05, 0.1) is 0 Å². The average Bonchev–Trinajstić information content (AvgIpc) is 2.47. The van der Waals surface area contributed by atoms with E-state index in [0.29, 0.717) is 5.92 Å². The standard InChI is InChI=1S/C18H29N/c1-3-9-16-11-8-6-4-5-7-10-15(2)17-12-13-19-14-18(16)17/h12-16H,3-11H2,1-2H3. The summed E-state index contributed by atoms with van der Waals surface area (Å²) in [7, 11) is 0. The third-order valence-electron chi connectivity index (χ3n) is 4.68. The third kappa shape index (κ3) is 4.06. The Morgan fingerprint density at radius 1 is 1.05 bits per heavy atom. The van der Waals surface area contributed by atoms with E-state index in [2.05, 4.69) is 31.1 Å². The van der Waals surface area contributed by atoms with Crippen LogP contribution in [0.15, 0.2) is 18.5 Å². The third-order valence-corrected chi connectivity index (χ3v) is 4.68. The highest BCUT2D eigenvalue weighted by Crippen LogP contribution is 2.35. The summed E-state index contributed by atoms with van der Waals surface area (Å²) in [6, 6.07) is 2.28. The highest BCUT2D eigenvalue weighted by atomic mass is 14.6. The zero-order valence-electron chi connectivity index (χ0n) is 12.7. The van der Waals surface area contributed by atoms with E-state index in [1.807, 2.05) is 6.20 Å². The molecule has 1 aromatic heterocycles. The van der Waals surface area contributed by atoms with Crippen LogP contribution >= 0.6 is 0 Å². The highest BCUT2D eigenvalue weighted by Gasteiger charge is 2.18. The monoisotopic (exact) mass is 259 g/mol. The molecule has 0 saturated carbocycles. The lowest BCUT2D eigenvalue weighted by Gasteiger charge is -2.22. The first-order valence-electron chi connectivity index (χ1n) is 8.26. The molecule has 2 rings (SSSR count). The van der Waals surface area contributed by atoms with Crippen molar-refractivity contribution in [3.63, 3.8) is 0 Å². The summed E-state index contributed by atoms with van der Waals surface area (Å²) in [5.74, 6) is 1.45. The van der Waals surface area contributed by atoms with E-state index in [9.17, 15) is 0 Å². The summed E-state index contributed by atoms with van der Waals surface area (Å²) in [5, 5.41) is 0. The molecule has 1 nitrogen and oxygen atoms in total. The Morgan fingerprint density at radius 3 is 2.58 bits per heavy atom. The smallest absolute Gasteiger partial charge is 0.0305 e. The van der Waals surface area contributed by atoms with Gasteiger partial charge in [0.2, 0.25) is 0 Å². The van der Waals surface area contributed by atoms with Gasteiger partial charge >= 0.3 is 0 Å². The Hall–Kier alpha value is -0.850. The maximum atomic E-state index is 4.41. The van der Waals surface area contributed by atoms with Crippen molar-refractivity contribution in [2.45, 2.75) is 83.5 Å². The Kier molecular flexibility index (Phi) is 5.88. The molecule has 1 aromatic rings. The lowest BCUT2D eigenvalue weighted by molar-refractivity contribution is 0.515. The molecule has 1 aliphatic rings. The van der Waals surface area contributed by atoms with Crippen molar-refractivity contribution in [2.75, 3.05) is 0 Å². The summed E-state index contributed by atoms with van der Waals surface area (Å²) in [6.45, 7) is 4.71. The van der Waals surface area contributed by atoms with Gasteiger partial charge in [0.15, 0.2) is 0 Å². The first-order valence-corrected chi connectivity index (χ1v) is 8.26. The molecule has 2 atom stereocenters. The fraction of sp³-hybridized carbons (Fsp3) is 0.722. The van der Waals surface area contributed by atoms with Crippen molar-refractivity contribution in [2.24, 2.45) is 0 Å². The minimum absolute atomic E-state index is 0.704. The number of rotatable bonds is 2. The van der Waals surface area contributed by atoms with Gasteiger partial charge in [-0.3, -0.25) is 4.98 Å². The normalized spacial score (nSPS) is 25.4. The van der Waals surface area contributed by atoms with E-state index in [4.69, 9.17) is 0 Å². The minimum atomic E-state index is 0.704. The molecule has 0 amide bonds. The topological polar surface area (TPSA) is 12.9 Å². The van der Waals surface area contributed by atoms with Crippen molar-refractivity contribution >= 4 is 0 Å². The molecular weight excluding hydrogens is 230 g/mol. The van der Waals surface area contributed by atoms with Gasteiger partial charge in [-0.25, -0.2) is 0 Å². The van der Waals surface area contributed by atoms with Crippen LogP contribution in [0.2, 0.25) is 0 Å². The predicted octanol–water partition coefficient (Wildman–Crippen LogP) is 5.81. The largest absolute Gasteiger partial charge is 0.264 e. The lowest BCUT2D eigenvalue weighted by atomic mass is 9.83. The van der Waals surface area contributed by atoms with Gasteiger partial charge in [0, 0.05) is 12.4 Å². The van der Waals surface area contributed by atoms with Crippen molar-refractivity contribution in [3.8, 4) is 0 Å². The van der Waals surface area contributed by atoms with Crippen molar-refractivity contribution in [1.29, 1.82) is 0 Å². The van der Waals surface area contributed by atoms with Crippen LogP contribution in [-0.4, -0.2) is 4.98 Å². The molecule has 1 heteroatoms. The molecule has 1 heterocycles. The van der Waals surface area contributed by atoms with Gasteiger partial charge in [0.25, 0.3) is 0 Å². The second kappa shape index (κ2) is 7.67. The molecule has 0 aliphatic heterocycles. The van der Waals surface area contributed by atoms with Crippen molar-refractivity contribution in [1.82, 2.24) is 4.98 Å². The fourth-order valence-corrected chi connectivity index (χ4v) is 3.54. The molecule has 0 radical (unpaired) electrons. The number of hydrogen-bond donors (Lipinski definition) is 0. The van der Waals surface area contributed by atoms with Crippen LogP contribution in [0, 0.1) is 0 Å². The number of aromatic nitrogens is 1. The minimum Gasteiger partial charge on any atom is -0.264 e. The molecule has 0 fully saturated rings. The van der Waals surface area contributed by atoms with Gasteiger partial charge in [-0.2, -0.15) is 0 Å². The van der Waals surface area contributed by atoms with E-state index < -0.39 is 0 Å². The summed E-state index contributed by atoms with van der Waals surface area (Å²) >= 11 is 0. The van der Waals surface area contributed by atoms with Crippen LogP contribution < -0.4 is 0 Å². The Balaban J connectivity index is 2.26. The summed E-state index contributed by atoms with van der Waals surface area (Å²) in [5.41, 5.74) is 3.13. The van der Waals surface area contributed by atoms with Crippen LogP contribution in [0.1, 0.15) is 94.6 Å². The van der Waals surface area contributed by atoms with E-state index in [0.717, 1.165) is 5.92 Å². The van der Waals surface area contributed by atoms with Gasteiger partial charge in [-0.15, -0.1) is 0 Å². The second-order valence-corrected chi connectivity index (χ2v) is 6.24. The van der Waals surface area contributed by atoms with Gasteiger partial charge < -0.3 is 0 Å². The van der Waals surface area contributed by atoms with Gasteiger partial charge in [0.1, 0.15) is 0 Å².